The summed E-state index contributed by atoms with van der Waals surface area (Å²) in [5, 5.41) is 15.6. The Morgan fingerprint density at radius 2 is 2.56 bits per heavy atom. The van der Waals surface area contributed by atoms with Crippen LogP contribution >= 0.6 is 0 Å². The zero-order valence-corrected chi connectivity index (χ0v) is 9.45. The second-order valence-corrected chi connectivity index (χ2v) is 4.20. The molecule has 0 aliphatic carbocycles. The summed E-state index contributed by atoms with van der Waals surface area (Å²) in [6.45, 7) is 4.97. The minimum atomic E-state index is 0.647. The Balaban J connectivity index is 2.03. The molecule has 1 aliphatic heterocycles. The summed E-state index contributed by atoms with van der Waals surface area (Å²) in [7, 11) is 0. The van der Waals surface area contributed by atoms with Crippen LogP contribution in [0.5, 0.6) is 0 Å². The van der Waals surface area contributed by atoms with E-state index < -0.39 is 0 Å². The van der Waals surface area contributed by atoms with Crippen molar-refractivity contribution >= 4 is 5.82 Å². The average Bonchev–Trinajstić information content (AvgIpc) is 2.79. The molecular weight excluding hydrogens is 200 g/mol. The summed E-state index contributed by atoms with van der Waals surface area (Å²) in [6, 6.07) is 4.06. The molecule has 2 heterocycles. The first-order valence-corrected chi connectivity index (χ1v) is 5.61. The highest BCUT2D eigenvalue weighted by molar-refractivity contribution is 5.55. The number of rotatable bonds is 3. The van der Waals surface area contributed by atoms with Gasteiger partial charge in [0.1, 0.15) is 11.9 Å². The third-order valence-corrected chi connectivity index (χ3v) is 2.99. The fraction of sp³-hybridized carbons (Fsp3) is 0.500. The first kappa shape index (κ1) is 10.9. The molecule has 2 rings (SSSR count). The molecule has 1 saturated heterocycles. The number of pyridine rings is 1. The van der Waals surface area contributed by atoms with Gasteiger partial charge in [-0.05, 0) is 44.0 Å². The van der Waals surface area contributed by atoms with Gasteiger partial charge < -0.3 is 10.6 Å². The van der Waals surface area contributed by atoms with E-state index in [4.69, 9.17) is 5.26 Å². The van der Waals surface area contributed by atoms with Gasteiger partial charge in [-0.3, -0.25) is 0 Å². The van der Waals surface area contributed by atoms with Crippen molar-refractivity contribution in [3.05, 3.63) is 23.4 Å². The van der Waals surface area contributed by atoms with E-state index in [9.17, 15) is 0 Å². The minimum Gasteiger partial charge on any atom is -0.369 e. The third kappa shape index (κ3) is 2.31. The highest BCUT2D eigenvalue weighted by Crippen LogP contribution is 2.16. The summed E-state index contributed by atoms with van der Waals surface area (Å²) in [5.74, 6) is 1.36. The molecule has 4 heteroatoms. The minimum absolute atomic E-state index is 0.647. The molecule has 0 saturated carbocycles. The molecule has 4 nitrogen and oxygen atoms in total. The maximum absolute atomic E-state index is 9.05. The predicted molar refractivity (Wildman–Crippen MR) is 63.2 cm³/mol. The van der Waals surface area contributed by atoms with Crippen LogP contribution in [0.15, 0.2) is 12.3 Å². The number of hydrogen-bond acceptors (Lipinski definition) is 4. The number of nitrogens with one attached hydrogen (secondary N) is 2. The topological polar surface area (TPSA) is 60.7 Å². The lowest BCUT2D eigenvalue weighted by Gasteiger charge is -2.12. The number of nitrogens with zero attached hydrogens (tertiary/aromatic N) is 2. The molecule has 2 N–H and O–H groups in total. The molecule has 1 aliphatic rings. The Kier molecular flexibility index (Phi) is 3.37. The number of hydrogen-bond donors (Lipinski definition) is 2. The summed E-state index contributed by atoms with van der Waals surface area (Å²) in [5.41, 5.74) is 1.64. The van der Waals surface area contributed by atoms with Crippen LogP contribution < -0.4 is 10.6 Å². The first-order valence-electron chi connectivity index (χ1n) is 5.61. The third-order valence-electron chi connectivity index (χ3n) is 2.99. The van der Waals surface area contributed by atoms with Crippen LogP contribution in [0.4, 0.5) is 5.82 Å². The van der Waals surface area contributed by atoms with Crippen molar-refractivity contribution in [2.24, 2.45) is 5.92 Å². The highest BCUT2D eigenvalue weighted by atomic mass is 15.0. The Hall–Kier alpha value is -1.60. The normalized spacial score (nSPS) is 19.4. The largest absolute Gasteiger partial charge is 0.369 e. The van der Waals surface area contributed by atoms with Crippen LogP contribution in [0.25, 0.3) is 0 Å². The molecule has 1 atom stereocenters. The van der Waals surface area contributed by atoms with Crippen LogP contribution in [-0.4, -0.2) is 24.6 Å². The molecule has 84 valence electrons. The average molecular weight is 216 g/mol. The smallest absolute Gasteiger partial charge is 0.144 e. The van der Waals surface area contributed by atoms with Gasteiger partial charge in [0.2, 0.25) is 0 Å². The standard InChI is InChI=1S/C12H16N4/c1-9-2-5-15-12(11(9)6-13)16-8-10-3-4-14-7-10/h2,5,10,14H,3-4,7-8H2,1H3,(H,15,16). The van der Waals surface area contributed by atoms with Gasteiger partial charge in [0, 0.05) is 12.7 Å². The highest BCUT2D eigenvalue weighted by Gasteiger charge is 2.15. The van der Waals surface area contributed by atoms with E-state index in [0.717, 1.165) is 31.0 Å². The van der Waals surface area contributed by atoms with Gasteiger partial charge in [-0.2, -0.15) is 5.26 Å². The molecule has 0 radical (unpaired) electrons. The summed E-state index contributed by atoms with van der Waals surface area (Å²) in [6.07, 6.45) is 2.94. The molecule has 0 aromatic carbocycles. The van der Waals surface area contributed by atoms with Gasteiger partial charge >= 0.3 is 0 Å². The second kappa shape index (κ2) is 4.95. The monoisotopic (exact) mass is 216 g/mol. The van der Waals surface area contributed by atoms with Crippen molar-refractivity contribution < 1.29 is 0 Å². The molecular formula is C12H16N4. The van der Waals surface area contributed by atoms with Gasteiger partial charge in [-0.1, -0.05) is 0 Å². The van der Waals surface area contributed by atoms with Crippen LogP contribution in [0.2, 0.25) is 0 Å². The number of aromatic nitrogens is 1. The maximum atomic E-state index is 9.05. The number of nitriles is 1. The molecule has 1 aromatic rings. The van der Waals surface area contributed by atoms with Gasteiger partial charge in [0.05, 0.1) is 5.56 Å². The molecule has 0 bridgehead atoms. The van der Waals surface area contributed by atoms with Crippen molar-refractivity contribution in [2.45, 2.75) is 13.3 Å². The fourth-order valence-corrected chi connectivity index (χ4v) is 1.96. The Bertz CT molecular complexity index is 402. The lowest BCUT2D eigenvalue weighted by Crippen LogP contribution is -2.18. The van der Waals surface area contributed by atoms with Crippen molar-refractivity contribution in [1.29, 1.82) is 5.26 Å². The number of aryl methyl sites for hydroxylation is 1. The molecule has 0 spiro atoms. The Morgan fingerprint density at radius 3 is 3.25 bits per heavy atom. The van der Waals surface area contributed by atoms with E-state index in [1.165, 1.54) is 6.42 Å². The molecule has 1 fully saturated rings. The summed E-state index contributed by atoms with van der Waals surface area (Å²) in [4.78, 5) is 4.22. The van der Waals surface area contributed by atoms with Crippen LogP contribution in [0.1, 0.15) is 17.5 Å². The van der Waals surface area contributed by atoms with E-state index >= 15 is 0 Å². The fourth-order valence-electron chi connectivity index (χ4n) is 1.96. The summed E-state index contributed by atoms with van der Waals surface area (Å²) < 4.78 is 0. The van der Waals surface area contributed by atoms with E-state index in [1.54, 1.807) is 6.20 Å². The molecule has 16 heavy (non-hydrogen) atoms. The Labute approximate surface area is 95.7 Å². The zero-order valence-electron chi connectivity index (χ0n) is 9.45. The zero-order chi connectivity index (χ0) is 11.4. The van der Waals surface area contributed by atoms with E-state index in [-0.39, 0.29) is 0 Å². The maximum Gasteiger partial charge on any atom is 0.144 e. The quantitative estimate of drug-likeness (QED) is 0.799. The van der Waals surface area contributed by atoms with E-state index in [0.29, 0.717) is 11.5 Å². The van der Waals surface area contributed by atoms with Crippen molar-refractivity contribution in [2.75, 3.05) is 25.0 Å². The van der Waals surface area contributed by atoms with Crippen LogP contribution in [0, 0.1) is 24.2 Å². The van der Waals surface area contributed by atoms with Crippen molar-refractivity contribution in [3.63, 3.8) is 0 Å². The number of anilines is 1. The van der Waals surface area contributed by atoms with Gasteiger partial charge in [-0.25, -0.2) is 4.98 Å². The SMILES string of the molecule is Cc1ccnc(NCC2CCNC2)c1C#N. The Morgan fingerprint density at radius 1 is 1.69 bits per heavy atom. The first-order chi connectivity index (χ1) is 7.81. The lowest BCUT2D eigenvalue weighted by molar-refractivity contribution is 0.614. The van der Waals surface area contributed by atoms with Crippen molar-refractivity contribution in [3.8, 4) is 6.07 Å². The molecule has 1 unspecified atom stereocenters. The van der Waals surface area contributed by atoms with E-state index in [2.05, 4.69) is 21.7 Å². The van der Waals surface area contributed by atoms with Crippen LogP contribution in [-0.2, 0) is 0 Å². The van der Waals surface area contributed by atoms with Gasteiger partial charge in [0.15, 0.2) is 0 Å². The molecule has 1 aromatic heterocycles. The van der Waals surface area contributed by atoms with Crippen LogP contribution in [0.3, 0.4) is 0 Å². The van der Waals surface area contributed by atoms with Crippen molar-refractivity contribution in [1.82, 2.24) is 10.3 Å². The van der Waals surface area contributed by atoms with Gasteiger partial charge in [0.25, 0.3) is 0 Å². The lowest BCUT2D eigenvalue weighted by atomic mass is 10.1. The van der Waals surface area contributed by atoms with Gasteiger partial charge in [-0.15, -0.1) is 0 Å². The predicted octanol–water partition coefficient (Wildman–Crippen LogP) is 1.28. The van der Waals surface area contributed by atoms with E-state index in [1.807, 2.05) is 13.0 Å². The molecule has 0 amide bonds. The summed E-state index contributed by atoms with van der Waals surface area (Å²) >= 11 is 0. The second-order valence-electron chi connectivity index (χ2n) is 4.20.